The van der Waals surface area contributed by atoms with E-state index < -0.39 is 10.0 Å². The molecule has 0 saturated carbocycles. The molecule has 0 aliphatic heterocycles. The summed E-state index contributed by atoms with van der Waals surface area (Å²) in [4.78, 5) is 22.5. The van der Waals surface area contributed by atoms with Crippen LogP contribution in [0.2, 0.25) is 0 Å². The summed E-state index contributed by atoms with van der Waals surface area (Å²) >= 11 is 1.45. The minimum atomic E-state index is -3.63. The zero-order valence-electron chi connectivity index (χ0n) is 24.3. The van der Waals surface area contributed by atoms with Gasteiger partial charge in [-0.15, -0.1) is 12.4 Å². The van der Waals surface area contributed by atoms with Gasteiger partial charge in [-0.25, -0.2) is 13.4 Å². The van der Waals surface area contributed by atoms with Crippen molar-refractivity contribution in [3.63, 3.8) is 0 Å². The first-order chi connectivity index (χ1) is 18.7. The van der Waals surface area contributed by atoms with Crippen LogP contribution in [-0.2, 0) is 10.0 Å². The van der Waals surface area contributed by atoms with Crippen LogP contribution in [0.25, 0.3) is 10.2 Å². The van der Waals surface area contributed by atoms with Crippen molar-refractivity contribution >= 4 is 55.0 Å². The number of fused-ring (bicyclic) bond motifs is 1. The second-order valence-electron chi connectivity index (χ2n) is 9.81. The molecule has 3 rings (SSSR count). The zero-order valence-corrected chi connectivity index (χ0v) is 26.7. The Labute approximate surface area is 249 Å². The number of nitrogens with zero attached hydrogens (tertiary/aromatic N) is 4. The lowest BCUT2D eigenvalue weighted by atomic mass is 10.2. The van der Waals surface area contributed by atoms with E-state index in [0.717, 1.165) is 54.6 Å². The Balaban J connectivity index is 0.00000560. The Morgan fingerprint density at radius 2 is 1.55 bits per heavy atom. The minimum Gasteiger partial charge on any atom is -0.494 e. The van der Waals surface area contributed by atoms with Gasteiger partial charge < -0.3 is 9.64 Å². The van der Waals surface area contributed by atoms with E-state index in [1.165, 1.54) is 11.3 Å². The zero-order chi connectivity index (χ0) is 28.4. The number of unbranched alkanes of at least 4 members (excludes halogenated alkanes) is 2. The maximum atomic E-state index is 13.7. The van der Waals surface area contributed by atoms with Gasteiger partial charge in [-0.1, -0.05) is 38.0 Å². The highest BCUT2D eigenvalue weighted by Gasteiger charge is 2.25. The van der Waals surface area contributed by atoms with E-state index in [0.29, 0.717) is 36.9 Å². The van der Waals surface area contributed by atoms with Crippen molar-refractivity contribution in [1.82, 2.24) is 14.2 Å². The maximum Gasteiger partial charge on any atom is 0.260 e. The lowest BCUT2D eigenvalue weighted by Gasteiger charge is -2.23. The Kier molecular flexibility index (Phi) is 13.8. The smallest absolute Gasteiger partial charge is 0.260 e. The van der Waals surface area contributed by atoms with E-state index in [4.69, 9.17) is 9.72 Å². The topological polar surface area (TPSA) is 83.1 Å². The molecule has 0 spiro atoms. The van der Waals surface area contributed by atoms with Crippen LogP contribution in [0.3, 0.4) is 0 Å². The van der Waals surface area contributed by atoms with Crippen LogP contribution >= 0.6 is 23.7 Å². The summed E-state index contributed by atoms with van der Waals surface area (Å²) in [5.41, 5.74) is 1.24. The quantitative estimate of drug-likeness (QED) is 0.189. The van der Waals surface area contributed by atoms with Gasteiger partial charge in [0.05, 0.1) is 21.7 Å². The standard InChI is InChI=1S/C29H42N4O4S2.ClH/c1-6-9-19-32(20-10-7-2)39(35,36)25-15-12-23(13-16-25)28(34)33(21-11-18-31(4)5)29-30-26-17-14-24(37-8-3)22-27(26)38-29;/h12-17,22H,6-11,18-21H2,1-5H3;1H. The van der Waals surface area contributed by atoms with Crippen LogP contribution in [0, 0.1) is 0 Å². The fourth-order valence-electron chi connectivity index (χ4n) is 4.19. The highest BCUT2D eigenvalue weighted by molar-refractivity contribution is 7.89. The monoisotopic (exact) mass is 610 g/mol. The molecule has 0 unspecified atom stereocenters. The number of thiazole rings is 1. The number of halogens is 1. The summed E-state index contributed by atoms with van der Waals surface area (Å²) in [7, 11) is 0.376. The summed E-state index contributed by atoms with van der Waals surface area (Å²) in [6, 6.07) is 12.1. The summed E-state index contributed by atoms with van der Waals surface area (Å²) < 4.78 is 34.9. The molecule has 11 heteroatoms. The molecule has 0 aliphatic carbocycles. The first-order valence-electron chi connectivity index (χ1n) is 13.8. The molecule has 1 aromatic heterocycles. The molecule has 0 N–H and O–H groups in total. The molecule has 2 aromatic carbocycles. The number of carbonyl (C=O) groups is 1. The van der Waals surface area contributed by atoms with Gasteiger partial charge in [0.2, 0.25) is 10.0 Å². The van der Waals surface area contributed by atoms with E-state index in [1.807, 2.05) is 39.2 Å². The van der Waals surface area contributed by atoms with Crippen LogP contribution in [-0.4, -0.2) is 75.4 Å². The Hall–Kier alpha value is -2.24. The number of aromatic nitrogens is 1. The lowest BCUT2D eigenvalue weighted by Crippen LogP contribution is -2.34. The summed E-state index contributed by atoms with van der Waals surface area (Å²) in [6.07, 6.45) is 4.25. The highest BCUT2D eigenvalue weighted by atomic mass is 35.5. The summed E-state index contributed by atoms with van der Waals surface area (Å²) in [5.74, 6) is 0.574. The molecule has 1 amide bonds. The fourth-order valence-corrected chi connectivity index (χ4v) is 6.72. The molecule has 0 bridgehead atoms. The third-order valence-electron chi connectivity index (χ3n) is 6.38. The van der Waals surface area contributed by atoms with Gasteiger partial charge in [-0.2, -0.15) is 4.31 Å². The van der Waals surface area contributed by atoms with Gasteiger partial charge in [0.1, 0.15) is 5.75 Å². The van der Waals surface area contributed by atoms with E-state index in [1.54, 1.807) is 33.5 Å². The van der Waals surface area contributed by atoms with Crippen LogP contribution in [0.1, 0.15) is 63.2 Å². The third kappa shape index (κ3) is 8.88. The number of amides is 1. The summed E-state index contributed by atoms with van der Waals surface area (Å²) in [5, 5.41) is 0.615. The molecule has 8 nitrogen and oxygen atoms in total. The van der Waals surface area contributed by atoms with Gasteiger partial charge in [0.25, 0.3) is 5.91 Å². The van der Waals surface area contributed by atoms with Gasteiger partial charge in [-0.3, -0.25) is 9.69 Å². The van der Waals surface area contributed by atoms with E-state index in [2.05, 4.69) is 18.7 Å². The summed E-state index contributed by atoms with van der Waals surface area (Å²) in [6.45, 7) is 8.95. The van der Waals surface area contributed by atoms with Crippen molar-refractivity contribution < 1.29 is 17.9 Å². The van der Waals surface area contributed by atoms with Crippen LogP contribution in [0.5, 0.6) is 5.75 Å². The Bertz CT molecular complexity index is 1310. The third-order valence-corrected chi connectivity index (χ3v) is 9.34. The second kappa shape index (κ2) is 16.3. The van der Waals surface area contributed by atoms with Gasteiger partial charge >= 0.3 is 0 Å². The van der Waals surface area contributed by atoms with E-state index in [-0.39, 0.29) is 23.2 Å². The first-order valence-corrected chi connectivity index (χ1v) is 16.1. The van der Waals surface area contributed by atoms with Crippen molar-refractivity contribution in [2.45, 2.75) is 57.8 Å². The predicted octanol–water partition coefficient (Wildman–Crippen LogP) is 6.31. The maximum absolute atomic E-state index is 13.7. The number of hydrogen-bond acceptors (Lipinski definition) is 7. The molecule has 0 radical (unpaired) electrons. The molecule has 0 saturated heterocycles. The fraction of sp³-hybridized carbons (Fsp3) is 0.517. The largest absolute Gasteiger partial charge is 0.494 e. The number of ether oxygens (including phenoxy) is 1. The molecular weight excluding hydrogens is 568 g/mol. The highest BCUT2D eigenvalue weighted by Crippen LogP contribution is 2.32. The van der Waals surface area contributed by atoms with Crippen molar-refractivity contribution in [3.8, 4) is 5.75 Å². The molecule has 222 valence electrons. The SMILES string of the molecule is CCCCN(CCCC)S(=O)(=O)c1ccc(C(=O)N(CCCN(C)C)c2nc3ccc(OCC)cc3s2)cc1.Cl. The lowest BCUT2D eigenvalue weighted by molar-refractivity contribution is 0.0986. The Morgan fingerprint density at radius 3 is 2.12 bits per heavy atom. The molecule has 3 aromatic rings. The van der Waals surface area contributed by atoms with E-state index >= 15 is 0 Å². The van der Waals surface area contributed by atoms with Crippen molar-refractivity contribution in [2.75, 3.05) is 51.8 Å². The van der Waals surface area contributed by atoms with Gasteiger partial charge in [-0.05, 0) is 89.3 Å². The Morgan fingerprint density at radius 1 is 0.900 bits per heavy atom. The molecule has 40 heavy (non-hydrogen) atoms. The van der Waals surface area contributed by atoms with Crippen LogP contribution in [0.4, 0.5) is 5.13 Å². The number of anilines is 1. The number of carbonyl (C=O) groups excluding carboxylic acids is 1. The number of rotatable bonds is 16. The average molecular weight is 611 g/mol. The number of benzene rings is 2. The van der Waals surface area contributed by atoms with Gasteiger partial charge in [0.15, 0.2) is 5.13 Å². The number of sulfonamides is 1. The van der Waals surface area contributed by atoms with Gasteiger partial charge in [0, 0.05) is 25.2 Å². The second-order valence-corrected chi connectivity index (χ2v) is 12.8. The van der Waals surface area contributed by atoms with E-state index in [9.17, 15) is 13.2 Å². The molecule has 0 fully saturated rings. The average Bonchev–Trinajstić information content (AvgIpc) is 3.34. The van der Waals surface area contributed by atoms with Crippen molar-refractivity contribution in [2.24, 2.45) is 0 Å². The van der Waals surface area contributed by atoms with Crippen LogP contribution < -0.4 is 9.64 Å². The molecule has 1 heterocycles. The van der Waals surface area contributed by atoms with Crippen molar-refractivity contribution in [3.05, 3.63) is 48.0 Å². The molecule has 0 aliphatic rings. The van der Waals surface area contributed by atoms with Crippen LogP contribution in [0.15, 0.2) is 47.4 Å². The normalized spacial score (nSPS) is 11.7. The predicted molar refractivity (Wildman–Crippen MR) is 168 cm³/mol. The number of hydrogen-bond donors (Lipinski definition) is 0. The van der Waals surface area contributed by atoms with Crippen molar-refractivity contribution in [1.29, 1.82) is 0 Å². The first kappa shape index (κ1) is 34.0. The minimum absolute atomic E-state index is 0. The molecular formula is C29H43ClN4O4S2. The molecule has 0 atom stereocenters.